The number of benzene rings is 3. The van der Waals surface area contributed by atoms with E-state index in [4.69, 9.17) is 0 Å². The Hall–Kier alpha value is -3.64. The Bertz CT molecular complexity index is 1160. The molecule has 2 aliphatic heterocycles. The number of piperazine rings is 1. The van der Waals surface area contributed by atoms with Crippen LogP contribution in [0.5, 0.6) is 0 Å². The van der Waals surface area contributed by atoms with E-state index in [1.54, 1.807) is 0 Å². The molecule has 2 saturated heterocycles. The van der Waals surface area contributed by atoms with E-state index in [1.807, 2.05) is 54.3 Å². The van der Waals surface area contributed by atoms with Gasteiger partial charge in [-0.3, -0.25) is 14.5 Å². The van der Waals surface area contributed by atoms with Gasteiger partial charge in [-0.2, -0.15) is 0 Å². The van der Waals surface area contributed by atoms with Crippen molar-refractivity contribution < 1.29 is 9.59 Å². The van der Waals surface area contributed by atoms with Crippen LogP contribution in [0.15, 0.2) is 84.9 Å². The predicted molar refractivity (Wildman–Crippen MR) is 144 cm³/mol. The number of hydrogen-bond acceptors (Lipinski definition) is 4. The Morgan fingerprint density at radius 2 is 1.53 bits per heavy atom. The molecule has 0 bridgehead atoms. The van der Waals surface area contributed by atoms with Crippen LogP contribution >= 0.6 is 0 Å². The number of carbonyl (C=O) groups is 2. The monoisotopic (exact) mass is 482 g/mol. The van der Waals surface area contributed by atoms with E-state index in [-0.39, 0.29) is 30.2 Å². The fourth-order valence-electron chi connectivity index (χ4n) is 5.20. The lowest BCUT2D eigenvalue weighted by molar-refractivity contribution is -0.129. The summed E-state index contributed by atoms with van der Waals surface area (Å²) in [5.41, 5.74) is 4.38. The molecule has 0 radical (unpaired) electrons. The number of nitrogens with one attached hydrogen (secondary N) is 1. The van der Waals surface area contributed by atoms with Crippen molar-refractivity contribution in [2.45, 2.75) is 25.9 Å². The minimum atomic E-state index is -0.332. The Kier molecular flexibility index (Phi) is 7.33. The van der Waals surface area contributed by atoms with Crippen LogP contribution in [0.4, 0.5) is 11.4 Å². The molecule has 2 aliphatic rings. The van der Waals surface area contributed by atoms with Gasteiger partial charge < -0.3 is 15.1 Å². The lowest BCUT2D eigenvalue weighted by Gasteiger charge is -2.36. The molecule has 0 saturated carbocycles. The zero-order chi connectivity index (χ0) is 24.9. The maximum atomic E-state index is 12.9. The van der Waals surface area contributed by atoms with Crippen molar-refractivity contribution in [3.05, 3.63) is 96.1 Å². The first-order valence-electron chi connectivity index (χ1n) is 12.8. The molecule has 186 valence electrons. The van der Waals surface area contributed by atoms with Gasteiger partial charge in [0.05, 0.1) is 12.0 Å². The summed E-state index contributed by atoms with van der Waals surface area (Å²) in [7, 11) is 0. The number of anilines is 2. The number of nitrogens with zero attached hydrogens (tertiary/aromatic N) is 3. The van der Waals surface area contributed by atoms with E-state index < -0.39 is 0 Å². The first-order valence-corrected chi connectivity index (χ1v) is 12.8. The molecule has 3 aromatic rings. The summed E-state index contributed by atoms with van der Waals surface area (Å²) in [6.45, 7) is 7.49. The van der Waals surface area contributed by atoms with Gasteiger partial charge in [0.1, 0.15) is 0 Å². The number of carbonyl (C=O) groups excluding carboxylic acids is 2. The van der Waals surface area contributed by atoms with Crippen LogP contribution in [0.3, 0.4) is 0 Å². The molecule has 5 rings (SSSR count). The summed E-state index contributed by atoms with van der Waals surface area (Å²) >= 11 is 0. The minimum Gasteiger partial charge on any atom is -0.369 e. The van der Waals surface area contributed by atoms with E-state index in [0.717, 1.165) is 44.0 Å². The molecule has 2 atom stereocenters. The number of likely N-dealkylation sites (tertiary alicyclic amines) is 1. The molecule has 0 aliphatic carbocycles. The third-order valence-corrected chi connectivity index (χ3v) is 7.40. The summed E-state index contributed by atoms with van der Waals surface area (Å²) in [5, 5.41) is 3.02. The fraction of sp³-hybridized carbons (Fsp3) is 0.333. The zero-order valence-corrected chi connectivity index (χ0v) is 20.8. The first-order chi connectivity index (χ1) is 17.6. The van der Waals surface area contributed by atoms with Crippen LogP contribution < -0.4 is 10.2 Å². The summed E-state index contributed by atoms with van der Waals surface area (Å²) in [6.07, 6.45) is 0.258. The summed E-state index contributed by atoms with van der Waals surface area (Å²) in [4.78, 5) is 32.3. The maximum absolute atomic E-state index is 12.9. The van der Waals surface area contributed by atoms with Gasteiger partial charge in [0.2, 0.25) is 11.8 Å². The van der Waals surface area contributed by atoms with Gasteiger partial charge in [0.15, 0.2) is 0 Å². The van der Waals surface area contributed by atoms with Crippen LogP contribution in [0.1, 0.15) is 30.5 Å². The lowest BCUT2D eigenvalue weighted by atomic mass is 10.1. The smallest absolute Gasteiger partial charge is 0.229 e. The third-order valence-electron chi connectivity index (χ3n) is 7.40. The molecule has 2 fully saturated rings. The highest BCUT2D eigenvalue weighted by atomic mass is 16.2. The Balaban J connectivity index is 1.12. The van der Waals surface area contributed by atoms with E-state index in [9.17, 15) is 9.59 Å². The quantitative estimate of drug-likeness (QED) is 0.537. The highest BCUT2D eigenvalue weighted by Gasteiger charge is 2.37. The molecule has 2 amide bonds. The Morgan fingerprint density at radius 3 is 2.19 bits per heavy atom. The van der Waals surface area contributed by atoms with Crippen molar-refractivity contribution in [2.24, 2.45) is 5.92 Å². The molecular weight excluding hydrogens is 448 g/mol. The van der Waals surface area contributed by atoms with Crippen LogP contribution in [-0.2, 0) is 16.1 Å². The molecule has 36 heavy (non-hydrogen) atoms. The average molecular weight is 483 g/mol. The molecule has 2 heterocycles. The van der Waals surface area contributed by atoms with Crippen molar-refractivity contribution in [1.82, 2.24) is 9.80 Å². The minimum absolute atomic E-state index is 0.0354. The van der Waals surface area contributed by atoms with Crippen molar-refractivity contribution >= 4 is 23.2 Å². The van der Waals surface area contributed by atoms with Crippen LogP contribution in [0.25, 0.3) is 0 Å². The molecule has 6 heteroatoms. The second-order valence-electron chi connectivity index (χ2n) is 9.82. The van der Waals surface area contributed by atoms with Gasteiger partial charge in [-0.1, -0.05) is 60.7 Å². The largest absolute Gasteiger partial charge is 0.369 e. The van der Waals surface area contributed by atoms with Gasteiger partial charge in [-0.25, -0.2) is 0 Å². The van der Waals surface area contributed by atoms with E-state index in [0.29, 0.717) is 6.54 Å². The Labute approximate surface area is 213 Å². The van der Waals surface area contributed by atoms with Crippen molar-refractivity contribution in [3.8, 4) is 0 Å². The molecule has 3 aromatic carbocycles. The molecular formula is C30H34N4O2. The average Bonchev–Trinajstić information content (AvgIpc) is 3.32. The Morgan fingerprint density at radius 1 is 0.889 bits per heavy atom. The summed E-state index contributed by atoms with van der Waals surface area (Å²) < 4.78 is 0. The fourth-order valence-corrected chi connectivity index (χ4v) is 5.20. The predicted octanol–water partition coefficient (Wildman–Crippen LogP) is 4.56. The van der Waals surface area contributed by atoms with Crippen molar-refractivity contribution in [2.75, 3.05) is 42.9 Å². The van der Waals surface area contributed by atoms with Crippen LogP contribution in [0.2, 0.25) is 0 Å². The number of hydrogen-bond donors (Lipinski definition) is 1. The lowest BCUT2D eigenvalue weighted by Crippen LogP contribution is -2.45. The highest BCUT2D eigenvalue weighted by Crippen LogP contribution is 2.29. The highest BCUT2D eigenvalue weighted by molar-refractivity contribution is 5.97. The van der Waals surface area contributed by atoms with Crippen LogP contribution in [0, 0.1) is 5.92 Å². The number of amides is 2. The van der Waals surface area contributed by atoms with Gasteiger partial charge in [0, 0.05) is 57.1 Å². The van der Waals surface area contributed by atoms with Crippen LogP contribution in [-0.4, -0.2) is 54.3 Å². The SMILES string of the molecule is C[C@H](c1ccccc1)N1C[C@H](C(=O)Nc2ccc(N3CCN(Cc4ccccc4)CC3)cc2)CC1=O. The molecule has 0 spiro atoms. The maximum Gasteiger partial charge on any atom is 0.229 e. The van der Waals surface area contributed by atoms with Crippen molar-refractivity contribution in [1.29, 1.82) is 0 Å². The van der Waals surface area contributed by atoms with E-state index >= 15 is 0 Å². The van der Waals surface area contributed by atoms with Crippen molar-refractivity contribution in [3.63, 3.8) is 0 Å². The molecule has 1 N–H and O–H groups in total. The standard InChI is InChI=1S/C30H34N4O2/c1-23(25-10-6-3-7-11-25)34-22-26(20-29(34)35)30(36)31-27-12-14-28(15-13-27)33-18-16-32(17-19-33)21-24-8-4-2-5-9-24/h2-15,23,26H,16-22H2,1H3,(H,31,36)/t23-,26-/m1/s1. The topological polar surface area (TPSA) is 55.9 Å². The van der Waals surface area contributed by atoms with Gasteiger partial charge in [0.25, 0.3) is 0 Å². The third kappa shape index (κ3) is 5.60. The van der Waals surface area contributed by atoms with E-state index in [2.05, 4.69) is 57.6 Å². The molecule has 0 unspecified atom stereocenters. The summed E-state index contributed by atoms with van der Waals surface area (Å²) in [5.74, 6) is -0.386. The molecule has 6 nitrogen and oxygen atoms in total. The zero-order valence-electron chi connectivity index (χ0n) is 20.8. The van der Waals surface area contributed by atoms with Gasteiger partial charge in [-0.15, -0.1) is 0 Å². The normalized spacial score (nSPS) is 19.4. The molecule has 0 aromatic heterocycles. The second kappa shape index (κ2) is 11.0. The second-order valence-corrected chi connectivity index (χ2v) is 9.82. The summed E-state index contributed by atoms with van der Waals surface area (Å²) in [6, 6.07) is 28.6. The van der Waals surface area contributed by atoms with Gasteiger partial charge in [-0.05, 0) is 42.3 Å². The first kappa shape index (κ1) is 24.1. The van der Waals surface area contributed by atoms with E-state index in [1.165, 1.54) is 11.3 Å². The number of rotatable bonds is 7. The van der Waals surface area contributed by atoms with Gasteiger partial charge >= 0.3 is 0 Å².